The maximum atomic E-state index is 12.2. The Bertz CT molecular complexity index is 807. The molecule has 0 amide bonds. The molecular weight excluding hydrogens is 436 g/mol. The number of hydrogen-bond donors (Lipinski definition) is 0. The van der Waals surface area contributed by atoms with Crippen LogP contribution in [0.2, 0.25) is 5.02 Å². The molecule has 0 bridgehead atoms. The number of piperidine rings is 2. The van der Waals surface area contributed by atoms with Crippen molar-refractivity contribution in [3.63, 3.8) is 0 Å². The van der Waals surface area contributed by atoms with Crippen LogP contribution in [0.1, 0.15) is 51.9 Å². The van der Waals surface area contributed by atoms with Gasteiger partial charge in [0.1, 0.15) is 0 Å². The molecule has 7 nitrogen and oxygen atoms in total. The number of nitrogens with zero attached hydrogens (tertiary/aromatic N) is 4. The van der Waals surface area contributed by atoms with Gasteiger partial charge in [0.15, 0.2) is 0 Å². The number of halogens is 1. The van der Waals surface area contributed by atoms with E-state index >= 15 is 0 Å². The summed E-state index contributed by atoms with van der Waals surface area (Å²) >= 11 is 5.90. The van der Waals surface area contributed by atoms with Crippen LogP contribution in [0.5, 0.6) is 0 Å². The summed E-state index contributed by atoms with van der Waals surface area (Å²) in [5.41, 5.74) is 0. The molecule has 2 atom stereocenters. The Morgan fingerprint density at radius 3 is 2.29 bits per heavy atom. The lowest BCUT2D eigenvalue weighted by Crippen LogP contribution is -2.44. The summed E-state index contributed by atoms with van der Waals surface area (Å²) in [5, 5.41) is 0.573. The second-order valence-corrected chi connectivity index (χ2v) is 11.8. The molecule has 2 saturated heterocycles. The maximum absolute atomic E-state index is 12.2. The van der Waals surface area contributed by atoms with Crippen molar-refractivity contribution >= 4 is 27.6 Å². The van der Waals surface area contributed by atoms with E-state index in [0.29, 0.717) is 30.5 Å². The Hall–Kier alpha value is -0.960. The van der Waals surface area contributed by atoms with E-state index in [1.807, 2.05) is 6.92 Å². The van der Waals surface area contributed by atoms with Gasteiger partial charge in [-0.1, -0.05) is 18.5 Å². The van der Waals surface area contributed by atoms with E-state index in [9.17, 15) is 8.42 Å². The summed E-state index contributed by atoms with van der Waals surface area (Å²) in [4.78, 5) is 11.0. The Morgan fingerprint density at radius 2 is 1.71 bits per heavy atom. The fraction of sp³-hybridized carbons (Fsp3) is 0.818. The van der Waals surface area contributed by atoms with E-state index in [4.69, 9.17) is 16.3 Å². The fourth-order valence-electron chi connectivity index (χ4n) is 5.34. The van der Waals surface area contributed by atoms with Gasteiger partial charge in [0.2, 0.25) is 16.0 Å². The third-order valence-electron chi connectivity index (χ3n) is 7.31. The normalized spacial score (nSPS) is 26.7. The summed E-state index contributed by atoms with van der Waals surface area (Å²) in [7, 11) is -3.07. The highest BCUT2D eigenvalue weighted by molar-refractivity contribution is 7.89. The second-order valence-electron chi connectivity index (χ2n) is 9.27. The molecule has 3 aliphatic rings. The maximum Gasteiger partial charge on any atom is 0.225 e. The van der Waals surface area contributed by atoms with Crippen LogP contribution in [0.15, 0.2) is 12.4 Å². The first kappa shape index (κ1) is 23.2. The molecule has 1 aliphatic carbocycles. The summed E-state index contributed by atoms with van der Waals surface area (Å²) in [6.07, 6.45) is 10.8. The lowest BCUT2D eigenvalue weighted by Gasteiger charge is -2.45. The highest BCUT2D eigenvalue weighted by Gasteiger charge is 2.39. The van der Waals surface area contributed by atoms with Crippen molar-refractivity contribution in [3.05, 3.63) is 17.4 Å². The predicted molar refractivity (Wildman–Crippen MR) is 123 cm³/mol. The molecule has 0 N–H and O–H groups in total. The zero-order chi connectivity index (χ0) is 21.8. The van der Waals surface area contributed by atoms with Crippen molar-refractivity contribution in [3.8, 4) is 0 Å². The van der Waals surface area contributed by atoms with Crippen LogP contribution in [0.25, 0.3) is 0 Å². The topological polar surface area (TPSA) is 75.6 Å². The van der Waals surface area contributed by atoms with Crippen molar-refractivity contribution in [2.75, 3.05) is 43.4 Å². The molecule has 174 valence electrons. The van der Waals surface area contributed by atoms with E-state index in [1.165, 1.54) is 25.7 Å². The van der Waals surface area contributed by atoms with E-state index < -0.39 is 10.0 Å². The minimum Gasteiger partial charge on any atom is -0.378 e. The minimum atomic E-state index is -3.07. The molecular formula is C22H35ClN4O3S. The molecule has 2 unspecified atom stereocenters. The Kier molecular flexibility index (Phi) is 7.72. The highest BCUT2D eigenvalue weighted by Crippen LogP contribution is 2.44. The van der Waals surface area contributed by atoms with Gasteiger partial charge >= 0.3 is 0 Å². The van der Waals surface area contributed by atoms with Crippen LogP contribution in [-0.2, 0) is 14.8 Å². The Labute approximate surface area is 191 Å². The fourth-order valence-corrected chi connectivity index (χ4v) is 6.98. The third kappa shape index (κ3) is 5.70. The van der Waals surface area contributed by atoms with Gasteiger partial charge in [-0.3, -0.25) is 0 Å². The second kappa shape index (κ2) is 10.3. The smallest absolute Gasteiger partial charge is 0.225 e. The molecule has 2 aliphatic heterocycles. The van der Waals surface area contributed by atoms with Gasteiger partial charge in [-0.05, 0) is 62.7 Å². The number of ether oxygens (including phenoxy) is 1. The summed E-state index contributed by atoms with van der Waals surface area (Å²) in [5.74, 6) is 3.21. The van der Waals surface area contributed by atoms with E-state index in [0.717, 1.165) is 50.3 Å². The average molecular weight is 471 g/mol. The summed E-state index contributed by atoms with van der Waals surface area (Å²) < 4.78 is 32.4. The van der Waals surface area contributed by atoms with Crippen LogP contribution in [0.4, 0.5) is 5.95 Å². The molecule has 3 fully saturated rings. The van der Waals surface area contributed by atoms with Crippen molar-refractivity contribution in [1.29, 1.82) is 0 Å². The van der Waals surface area contributed by atoms with Crippen molar-refractivity contribution in [1.82, 2.24) is 14.3 Å². The van der Waals surface area contributed by atoms with Crippen molar-refractivity contribution < 1.29 is 13.2 Å². The molecule has 9 heteroatoms. The van der Waals surface area contributed by atoms with Gasteiger partial charge in [0.05, 0.1) is 35.9 Å². The molecule has 1 saturated carbocycles. The highest BCUT2D eigenvalue weighted by atomic mass is 35.5. The van der Waals surface area contributed by atoms with Crippen LogP contribution >= 0.6 is 11.6 Å². The number of rotatable bonds is 8. The molecule has 0 spiro atoms. The SMILES string of the molecule is CCCS(=O)(=O)N1CCC(OCC2CCC2C2CCN(c3ncc(Cl)cn3)CC2)CC1. The van der Waals surface area contributed by atoms with Gasteiger partial charge in [-0.2, -0.15) is 0 Å². The molecule has 0 radical (unpaired) electrons. The monoisotopic (exact) mass is 470 g/mol. The van der Waals surface area contributed by atoms with Crippen LogP contribution < -0.4 is 4.90 Å². The van der Waals surface area contributed by atoms with Crippen LogP contribution in [0.3, 0.4) is 0 Å². The Balaban J connectivity index is 1.18. The van der Waals surface area contributed by atoms with Gasteiger partial charge in [0, 0.05) is 26.2 Å². The lowest BCUT2D eigenvalue weighted by atomic mass is 9.65. The number of sulfonamides is 1. The predicted octanol–water partition coefficient (Wildman–Crippen LogP) is 3.59. The molecule has 4 rings (SSSR count). The number of anilines is 1. The molecule has 1 aromatic rings. The molecule has 3 heterocycles. The largest absolute Gasteiger partial charge is 0.378 e. The Morgan fingerprint density at radius 1 is 1.03 bits per heavy atom. The summed E-state index contributed by atoms with van der Waals surface area (Å²) in [6, 6.07) is 0. The van der Waals surface area contributed by atoms with E-state index in [2.05, 4.69) is 14.9 Å². The quantitative estimate of drug-likeness (QED) is 0.577. The third-order valence-corrected chi connectivity index (χ3v) is 9.58. The number of aromatic nitrogens is 2. The number of hydrogen-bond acceptors (Lipinski definition) is 6. The van der Waals surface area contributed by atoms with Crippen molar-refractivity contribution in [2.24, 2.45) is 17.8 Å². The van der Waals surface area contributed by atoms with Crippen LogP contribution in [-0.4, -0.2) is 67.3 Å². The molecule has 1 aromatic heterocycles. The first-order chi connectivity index (χ1) is 15.0. The van der Waals surface area contributed by atoms with E-state index in [-0.39, 0.29) is 11.9 Å². The lowest BCUT2D eigenvalue weighted by molar-refractivity contribution is -0.0463. The van der Waals surface area contributed by atoms with Gasteiger partial charge < -0.3 is 9.64 Å². The zero-order valence-corrected chi connectivity index (χ0v) is 20.0. The van der Waals surface area contributed by atoms with Crippen LogP contribution in [0, 0.1) is 17.8 Å². The standard InChI is InChI=1S/C22H35ClN4O3S/c1-2-13-31(28,29)27-11-7-20(8-12-27)30-16-18-3-4-21(18)17-5-9-26(10-6-17)22-24-14-19(23)15-25-22/h14-15,17-18,20-21H,2-13,16H2,1H3. The molecule has 0 aromatic carbocycles. The first-order valence-corrected chi connectivity index (χ1v) is 13.8. The molecule has 31 heavy (non-hydrogen) atoms. The van der Waals surface area contributed by atoms with E-state index in [1.54, 1.807) is 16.7 Å². The zero-order valence-electron chi connectivity index (χ0n) is 18.5. The van der Waals surface area contributed by atoms with Crippen molar-refractivity contribution in [2.45, 2.75) is 58.0 Å². The first-order valence-electron chi connectivity index (χ1n) is 11.8. The summed E-state index contributed by atoms with van der Waals surface area (Å²) in [6.45, 7) is 5.95. The average Bonchev–Trinajstić information content (AvgIpc) is 2.75. The van der Waals surface area contributed by atoms with Gasteiger partial charge in [-0.15, -0.1) is 0 Å². The minimum absolute atomic E-state index is 0.207. The van der Waals surface area contributed by atoms with Gasteiger partial charge in [-0.25, -0.2) is 22.7 Å². The van der Waals surface area contributed by atoms with Gasteiger partial charge in [0.25, 0.3) is 0 Å².